The quantitative estimate of drug-likeness (QED) is 0.117. The molecule has 0 amide bonds. The minimum atomic E-state index is -0.00340. The first kappa shape index (κ1) is 43.0. The van der Waals surface area contributed by atoms with Gasteiger partial charge in [0.2, 0.25) is 0 Å². The smallest absolute Gasteiger partial charge is 0.159 e. The van der Waals surface area contributed by atoms with E-state index in [9.17, 15) is 4.79 Å². The summed E-state index contributed by atoms with van der Waals surface area (Å²) in [5.41, 5.74) is 18.3. The molecule has 0 aliphatic carbocycles. The predicted molar refractivity (Wildman–Crippen MR) is 246 cm³/mol. The predicted octanol–water partition coefficient (Wildman–Crippen LogP) is 9.92. The maximum absolute atomic E-state index is 12.0. The van der Waals surface area contributed by atoms with Crippen molar-refractivity contribution >= 4 is 80.7 Å². The highest BCUT2D eigenvalue weighted by atomic mass is 35.5. The lowest BCUT2D eigenvalue weighted by molar-refractivity contribution is -0.114. The van der Waals surface area contributed by atoms with Crippen molar-refractivity contribution in [3.63, 3.8) is 0 Å². The minimum absolute atomic E-state index is 0.00340. The molecule has 0 aromatic heterocycles. The summed E-state index contributed by atoms with van der Waals surface area (Å²) in [6.07, 6.45) is 3.33. The molecule has 312 valence electrons. The number of benzene rings is 4. The van der Waals surface area contributed by atoms with E-state index in [1.54, 1.807) is 40.6 Å². The summed E-state index contributed by atoms with van der Waals surface area (Å²) < 4.78 is 21.7. The molecule has 0 atom stereocenters. The van der Waals surface area contributed by atoms with Crippen LogP contribution in [0.1, 0.15) is 29.5 Å². The van der Waals surface area contributed by atoms with E-state index in [1.807, 2.05) is 48.5 Å². The molecule has 0 saturated carbocycles. The first-order chi connectivity index (χ1) is 29.0. The average Bonchev–Trinajstić information content (AvgIpc) is 3.88. The zero-order chi connectivity index (χ0) is 42.7. The van der Waals surface area contributed by atoms with Crippen LogP contribution in [0.25, 0.3) is 0 Å². The third-order valence-corrected chi connectivity index (χ3v) is 12.6. The monoisotopic (exact) mass is 887 g/mol. The van der Waals surface area contributed by atoms with Crippen molar-refractivity contribution in [1.29, 1.82) is 0 Å². The summed E-state index contributed by atoms with van der Waals surface area (Å²) in [5, 5.41) is 1.91. The number of aliphatic imine (C=N–C) groups is 2. The normalized spacial score (nSPS) is 15.7. The van der Waals surface area contributed by atoms with Gasteiger partial charge in [0.1, 0.15) is 43.1 Å². The van der Waals surface area contributed by atoms with Crippen molar-refractivity contribution in [2.24, 2.45) is 9.98 Å². The highest BCUT2D eigenvalue weighted by Crippen LogP contribution is 2.49. The zero-order valence-electron chi connectivity index (χ0n) is 33.8. The van der Waals surface area contributed by atoms with Gasteiger partial charge in [0, 0.05) is 61.5 Å². The van der Waals surface area contributed by atoms with E-state index in [1.165, 1.54) is 28.4 Å². The van der Waals surface area contributed by atoms with Crippen LogP contribution in [-0.2, 0) is 11.2 Å². The number of halogens is 4. The number of nitrogen functional groups attached to an aromatic ring is 1. The highest BCUT2D eigenvalue weighted by Gasteiger charge is 2.33. The Balaban J connectivity index is 0.000000183. The standard InChI is InChI=1S/C25H24Cl2N2O3.C21H21Cl2N3O2/c1-4-17(30)11-15-7-5-6-8-18(15)24-19-9-10-29(14-16(19)13-28-24)25-22(26)20(31-2)12-21(32-3)23(25)27;1-27-16-9-17(28-2)19(23)21(18(16)22)26-8-7-13-12(11-26)10-25-20(13)14-5-3-4-6-15(14)24/h4-8,12H,1,9-11,13-14H2,2-3H3;3-6,9H,7-8,10-11,24H2,1-2H3. The molecule has 4 aromatic carbocycles. The second kappa shape index (κ2) is 18.6. The van der Waals surface area contributed by atoms with Crippen molar-refractivity contribution in [1.82, 2.24) is 0 Å². The molecule has 4 aliphatic heterocycles. The Morgan fingerprint density at radius 1 is 0.683 bits per heavy atom. The summed E-state index contributed by atoms with van der Waals surface area (Å²) in [5.74, 6) is 2.12. The molecule has 8 rings (SSSR count). The van der Waals surface area contributed by atoms with Crippen molar-refractivity contribution in [3.05, 3.63) is 132 Å². The number of hydrogen-bond acceptors (Lipinski definition) is 10. The first-order valence-corrected chi connectivity index (χ1v) is 20.8. The van der Waals surface area contributed by atoms with Gasteiger partial charge < -0.3 is 34.5 Å². The first-order valence-electron chi connectivity index (χ1n) is 19.3. The Kier molecular flexibility index (Phi) is 13.4. The lowest BCUT2D eigenvalue weighted by Gasteiger charge is -2.32. The SMILES string of the molecule is C=CC(=O)Cc1ccccc1C1=NCC2=C1CCN(c1c(Cl)c(OC)cc(OC)c1Cl)C2.COc1cc(OC)c(Cl)c(N2CCC3=C(CN=C3c3ccccc3N)C2)c1Cl. The van der Waals surface area contributed by atoms with Gasteiger partial charge in [0.25, 0.3) is 0 Å². The van der Waals surface area contributed by atoms with Gasteiger partial charge in [-0.2, -0.15) is 0 Å². The molecular weight excluding hydrogens is 844 g/mol. The summed E-state index contributed by atoms with van der Waals surface area (Å²) >= 11 is 26.5. The van der Waals surface area contributed by atoms with E-state index in [-0.39, 0.29) is 5.78 Å². The van der Waals surface area contributed by atoms with E-state index in [0.29, 0.717) is 81.4 Å². The van der Waals surface area contributed by atoms with E-state index in [2.05, 4.69) is 16.4 Å². The largest absolute Gasteiger partial charge is 0.495 e. The van der Waals surface area contributed by atoms with Gasteiger partial charge in [-0.05, 0) is 52.8 Å². The fourth-order valence-electron chi connectivity index (χ4n) is 8.11. The topological polar surface area (TPSA) is 111 Å². The molecule has 10 nitrogen and oxygen atoms in total. The summed E-state index contributed by atoms with van der Waals surface area (Å²) in [7, 11) is 6.30. The van der Waals surface area contributed by atoms with Crippen molar-refractivity contribution in [3.8, 4) is 23.0 Å². The van der Waals surface area contributed by atoms with Gasteiger partial charge in [-0.15, -0.1) is 0 Å². The number of nitrogens with zero attached hydrogens (tertiary/aromatic N) is 4. The van der Waals surface area contributed by atoms with Crippen LogP contribution in [0.5, 0.6) is 23.0 Å². The fraction of sp³-hybridized carbons (Fsp3) is 0.283. The number of nitrogens with two attached hydrogens (primary N) is 1. The number of methoxy groups -OCH3 is 4. The molecule has 0 bridgehead atoms. The van der Waals surface area contributed by atoms with Gasteiger partial charge in [-0.3, -0.25) is 14.8 Å². The van der Waals surface area contributed by atoms with Crippen LogP contribution >= 0.6 is 46.4 Å². The van der Waals surface area contributed by atoms with E-state index < -0.39 is 0 Å². The van der Waals surface area contributed by atoms with Crippen LogP contribution < -0.4 is 34.5 Å². The molecule has 2 N–H and O–H groups in total. The molecule has 0 saturated heterocycles. The van der Waals surface area contributed by atoms with Crippen molar-refractivity contribution in [2.75, 3.05) is 83.2 Å². The average molecular weight is 890 g/mol. The number of allylic oxidation sites excluding steroid dienone is 1. The van der Waals surface area contributed by atoms with E-state index in [0.717, 1.165) is 65.4 Å². The maximum atomic E-state index is 12.0. The molecule has 14 heteroatoms. The Morgan fingerprint density at radius 3 is 1.53 bits per heavy atom. The molecular formula is C46H45Cl4N5O5. The molecule has 4 aromatic rings. The van der Waals surface area contributed by atoms with Crippen LogP contribution in [0, 0.1) is 0 Å². The Bertz CT molecular complexity index is 2440. The second-order valence-electron chi connectivity index (χ2n) is 14.4. The zero-order valence-corrected chi connectivity index (χ0v) is 36.9. The molecule has 0 radical (unpaired) electrons. The fourth-order valence-corrected chi connectivity index (χ4v) is 9.59. The molecule has 0 spiro atoms. The number of rotatable bonds is 11. The van der Waals surface area contributed by atoms with E-state index >= 15 is 0 Å². The number of ether oxygens (including phenoxy) is 4. The van der Waals surface area contributed by atoms with Gasteiger partial charge in [-0.1, -0.05) is 95.4 Å². The third kappa shape index (κ3) is 8.31. The van der Waals surface area contributed by atoms with E-state index in [4.69, 9.17) is 81.1 Å². The van der Waals surface area contributed by atoms with Crippen LogP contribution in [0.2, 0.25) is 20.1 Å². The minimum Gasteiger partial charge on any atom is -0.495 e. The van der Waals surface area contributed by atoms with Crippen LogP contribution in [0.4, 0.5) is 17.1 Å². The summed E-state index contributed by atoms with van der Waals surface area (Å²) in [6, 6.07) is 19.2. The lowest BCUT2D eigenvalue weighted by atomic mass is 9.90. The summed E-state index contributed by atoms with van der Waals surface area (Å²) in [4.78, 5) is 25.9. The van der Waals surface area contributed by atoms with Crippen LogP contribution in [-0.4, -0.2) is 84.9 Å². The molecule has 4 aliphatic rings. The highest BCUT2D eigenvalue weighted by molar-refractivity contribution is 6.42. The van der Waals surface area contributed by atoms with Gasteiger partial charge >= 0.3 is 0 Å². The van der Waals surface area contributed by atoms with Gasteiger partial charge in [0.05, 0.1) is 64.3 Å². The Morgan fingerprint density at radius 2 is 1.10 bits per heavy atom. The molecule has 4 heterocycles. The summed E-state index contributed by atoms with van der Waals surface area (Å²) in [6.45, 7) is 7.71. The van der Waals surface area contributed by atoms with Crippen LogP contribution in [0.15, 0.2) is 106 Å². The number of hydrogen-bond donors (Lipinski definition) is 1. The second-order valence-corrected chi connectivity index (χ2v) is 16.0. The third-order valence-electron chi connectivity index (χ3n) is 11.1. The molecule has 0 unspecified atom stereocenters. The van der Waals surface area contributed by atoms with Gasteiger partial charge in [-0.25, -0.2) is 0 Å². The maximum Gasteiger partial charge on any atom is 0.159 e. The Hall–Kier alpha value is -5.13. The number of ketones is 1. The van der Waals surface area contributed by atoms with Gasteiger partial charge in [0.15, 0.2) is 5.78 Å². The number of anilines is 3. The molecule has 0 fully saturated rings. The van der Waals surface area contributed by atoms with Crippen LogP contribution in [0.3, 0.4) is 0 Å². The lowest BCUT2D eigenvalue weighted by Crippen LogP contribution is -2.33. The Labute approximate surface area is 370 Å². The number of carbonyl (C=O) groups excluding carboxylic acids is 1. The van der Waals surface area contributed by atoms with Crippen molar-refractivity contribution in [2.45, 2.75) is 19.3 Å². The number of para-hydroxylation sites is 1. The number of carbonyl (C=O) groups is 1. The van der Waals surface area contributed by atoms with Crippen molar-refractivity contribution < 1.29 is 23.7 Å². The molecule has 60 heavy (non-hydrogen) atoms.